The zero-order valence-corrected chi connectivity index (χ0v) is 16.3. The molecule has 7 heteroatoms. The molecule has 1 saturated carbocycles. The van der Waals surface area contributed by atoms with Crippen LogP contribution in [0.1, 0.15) is 71.1 Å². The predicted molar refractivity (Wildman–Crippen MR) is 98.0 cm³/mol. The summed E-state index contributed by atoms with van der Waals surface area (Å²) >= 11 is 0. The maximum absolute atomic E-state index is 11.5. The Bertz CT molecular complexity index is 461. The summed E-state index contributed by atoms with van der Waals surface area (Å²) in [6, 6.07) is 0. The third-order valence-corrected chi connectivity index (χ3v) is 5.64. The van der Waals surface area contributed by atoms with Crippen molar-refractivity contribution in [2.45, 2.75) is 89.6 Å². The van der Waals surface area contributed by atoms with Crippen molar-refractivity contribution >= 4 is 11.9 Å². The Morgan fingerprint density at radius 2 is 1.85 bits per heavy atom. The van der Waals surface area contributed by atoms with Gasteiger partial charge in [-0.05, 0) is 32.1 Å². The van der Waals surface area contributed by atoms with E-state index in [-0.39, 0.29) is 49.3 Å². The Morgan fingerprint density at radius 1 is 1.07 bits per heavy atom. The Hall–Kier alpha value is -1.18. The molecular weight excluding hydrogens is 352 g/mol. The lowest BCUT2D eigenvalue weighted by atomic mass is 9.89. The van der Waals surface area contributed by atoms with E-state index in [1.165, 1.54) is 6.92 Å². The van der Waals surface area contributed by atoms with E-state index in [2.05, 4.69) is 0 Å². The molecule has 0 bridgehead atoms. The number of ether oxygens (including phenoxy) is 3. The second-order valence-corrected chi connectivity index (χ2v) is 7.71. The van der Waals surface area contributed by atoms with Gasteiger partial charge in [0.15, 0.2) is 6.29 Å². The number of aliphatic hydroxyl groups excluding tert-OH is 1. The molecule has 1 heterocycles. The van der Waals surface area contributed by atoms with E-state index in [1.54, 1.807) is 0 Å². The lowest BCUT2D eigenvalue weighted by molar-refractivity contribution is -0.198. The van der Waals surface area contributed by atoms with Gasteiger partial charge in [0.25, 0.3) is 0 Å². The van der Waals surface area contributed by atoms with E-state index >= 15 is 0 Å². The summed E-state index contributed by atoms with van der Waals surface area (Å²) in [7, 11) is 0. The first kappa shape index (κ1) is 22.1. The van der Waals surface area contributed by atoms with Crippen LogP contribution in [0, 0.1) is 11.8 Å². The highest BCUT2D eigenvalue weighted by atomic mass is 16.7. The van der Waals surface area contributed by atoms with Crippen molar-refractivity contribution in [3.8, 4) is 0 Å². The van der Waals surface area contributed by atoms with E-state index in [1.807, 2.05) is 0 Å². The van der Waals surface area contributed by atoms with Crippen LogP contribution in [0.5, 0.6) is 0 Å². The second-order valence-electron chi connectivity index (χ2n) is 7.71. The molecule has 0 aromatic carbocycles. The Balaban J connectivity index is 1.87. The van der Waals surface area contributed by atoms with Gasteiger partial charge in [0.05, 0.1) is 6.10 Å². The first-order valence-corrected chi connectivity index (χ1v) is 10.3. The van der Waals surface area contributed by atoms with E-state index in [0.29, 0.717) is 19.4 Å². The molecule has 0 amide bonds. The summed E-state index contributed by atoms with van der Waals surface area (Å²) in [6.07, 6.45) is 7.39. The molecule has 1 saturated heterocycles. The first-order chi connectivity index (χ1) is 13.0. The number of aliphatic carboxylic acids is 1. The van der Waals surface area contributed by atoms with Crippen LogP contribution in [0.15, 0.2) is 0 Å². The zero-order chi connectivity index (χ0) is 19.6. The van der Waals surface area contributed by atoms with E-state index in [4.69, 9.17) is 19.3 Å². The summed E-state index contributed by atoms with van der Waals surface area (Å²) in [5, 5.41) is 18.7. The summed E-state index contributed by atoms with van der Waals surface area (Å²) < 4.78 is 17.3. The van der Waals surface area contributed by atoms with Crippen LogP contribution in [0.4, 0.5) is 0 Å². The van der Waals surface area contributed by atoms with Crippen LogP contribution in [0.25, 0.3) is 0 Å². The Kier molecular flexibility index (Phi) is 9.51. The second kappa shape index (κ2) is 11.6. The van der Waals surface area contributed by atoms with Crippen LogP contribution in [-0.4, -0.2) is 53.9 Å². The van der Waals surface area contributed by atoms with Crippen molar-refractivity contribution in [1.82, 2.24) is 0 Å². The first-order valence-electron chi connectivity index (χ1n) is 10.3. The molecular formula is C20H34O7. The van der Waals surface area contributed by atoms with Crippen LogP contribution in [-0.2, 0) is 23.8 Å². The normalized spacial score (nSPS) is 31.0. The monoisotopic (exact) mass is 386 g/mol. The van der Waals surface area contributed by atoms with Crippen molar-refractivity contribution in [3.05, 3.63) is 0 Å². The minimum Gasteiger partial charge on any atom is -0.481 e. The van der Waals surface area contributed by atoms with Crippen molar-refractivity contribution in [2.24, 2.45) is 11.8 Å². The molecule has 2 aliphatic rings. The van der Waals surface area contributed by atoms with Crippen LogP contribution < -0.4 is 0 Å². The summed E-state index contributed by atoms with van der Waals surface area (Å²) in [5.41, 5.74) is 0. The number of esters is 1. The van der Waals surface area contributed by atoms with Crippen LogP contribution in [0.3, 0.4) is 0 Å². The van der Waals surface area contributed by atoms with Gasteiger partial charge in [0.1, 0.15) is 6.10 Å². The molecule has 7 nitrogen and oxygen atoms in total. The topological polar surface area (TPSA) is 102 Å². The summed E-state index contributed by atoms with van der Waals surface area (Å²) in [4.78, 5) is 22.1. The van der Waals surface area contributed by atoms with Crippen LogP contribution >= 0.6 is 0 Å². The fraction of sp³-hybridized carbons (Fsp3) is 0.900. The average Bonchev–Trinajstić information content (AvgIpc) is 2.94. The Morgan fingerprint density at radius 3 is 2.48 bits per heavy atom. The Labute approximate surface area is 161 Å². The molecule has 5 atom stereocenters. The average molecular weight is 386 g/mol. The van der Waals surface area contributed by atoms with Gasteiger partial charge in [-0.15, -0.1) is 0 Å². The van der Waals surface area contributed by atoms with E-state index in [9.17, 15) is 14.7 Å². The van der Waals surface area contributed by atoms with Gasteiger partial charge in [0.2, 0.25) is 0 Å². The number of hydrogen-bond donors (Lipinski definition) is 2. The number of rotatable bonds is 11. The maximum atomic E-state index is 11.5. The summed E-state index contributed by atoms with van der Waals surface area (Å²) in [6.45, 7) is 2.11. The van der Waals surface area contributed by atoms with Crippen molar-refractivity contribution in [2.75, 3.05) is 13.2 Å². The largest absolute Gasteiger partial charge is 0.481 e. The molecule has 2 N–H and O–H groups in total. The van der Waals surface area contributed by atoms with Gasteiger partial charge in [-0.2, -0.15) is 0 Å². The maximum Gasteiger partial charge on any atom is 0.303 e. The number of carboxylic acids is 1. The lowest BCUT2D eigenvalue weighted by Gasteiger charge is -2.29. The number of hydrogen-bond acceptors (Lipinski definition) is 6. The molecule has 2 rings (SSSR count). The fourth-order valence-electron chi connectivity index (χ4n) is 4.31. The number of unbranched alkanes of at least 4 members (excludes halogenated alkanes) is 3. The molecule has 0 aromatic heterocycles. The summed E-state index contributed by atoms with van der Waals surface area (Å²) in [5.74, 6) is -1.07. The van der Waals surface area contributed by atoms with Gasteiger partial charge >= 0.3 is 11.9 Å². The molecule has 156 valence electrons. The molecule has 1 aliphatic heterocycles. The predicted octanol–water partition coefficient (Wildman–Crippen LogP) is 2.88. The van der Waals surface area contributed by atoms with Gasteiger partial charge < -0.3 is 24.4 Å². The quantitative estimate of drug-likeness (QED) is 0.416. The number of aliphatic hydroxyl groups is 1. The highest BCUT2D eigenvalue weighted by Gasteiger charge is 2.45. The van der Waals surface area contributed by atoms with E-state index in [0.717, 1.165) is 44.9 Å². The smallest absolute Gasteiger partial charge is 0.303 e. The minimum absolute atomic E-state index is 0.00116. The molecule has 0 aromatic rings. The fourth-order valence-corrected chi connectivity index (χ4v) is 4.31. The minimum atomic E-state index is -0.758. The standard InChI is InChI=1S/C20H34O7/c1-14(22)26-17-12-18(27-20-10-6-7-11-25-20)16(13-21)15(17)8-4-2-3-5-9-19(23)24/h15-18,20-21H,2-13H2,1H3,(H,23,24). The lowest BCUT2D eigenvalue weighted by Crippen LogP contribution is -2.33. The van der Waals surface area contributed by atoms with E-state index < -0.39 is 5.97 Å². The molecule has 0 radical (unpaired) electrons. The highest BCUT2D eigenvalue weighted by Crippen LogP contribution is 2.40. The van der Waals surface area contributed by atoms with Gasteiger partial charge in [0, 0.05) is 44.8 Å². The zero-order valence-electron chi connectivity index (χ0n) is 16.3. The molecule has 2 fully saturated rings. The molecule has 5 unspecified atom stereocenters. The van der Waals surface area contributed by atoms with Crippen molar-refractivity contribution in [1.29, 1.82) is 0 Å². The number of carboxylic acid groups (broad SMARTS) is 1. The molecule has 27 heavy (non-hydrogen) atoms. The van der Waals surface area contributed by atoms with Gasteiger partial charge in [-0.1, -0.05) is 19.3 Å². The van der Waals surface area contributed by atoms with Crippen molar-refractivity contribution < 1.29 is 34.0 Å². The number of carbonyl (C=O) groups excluding carboxylic acids is 1. The highest BCUT2D eigenvalue weighted by molar-refractivity contribution is 5.66. The third kappa shape index (κ3) is 7.39. The van der Waals surface area contributed by atoms with Gasteiger partial charge in [-0.3, -0.25) is 9.59 Å². The van der Waals surface area contributed by atoms with Crippen LogP contribution in [0.2, 0.25) is 0 Å². The third-order valence-electron chi connectivity index (χ3n) is 5.64. The molecule has 0 spiro atoms. The molecule has 1 aliphatic carbocycles. The van der Waals surface area contributed by atoms with Crippen molar-refractivity contribution in [3.63, 3.8) is 0 Å². The van der Waals surface area contributed by atoms with Gasteiger partial charge in [-0.25, -0.2) is 0 Å². The number of carbonyl (C=O) groups is 2. The SMILES string of the molecule is CC(=O)OC1CC(OC2CCCCO2)C(CO)C1CCCCCCC(=O)O.